The highest BCUT2D eigenvalue weighted by Gasteiger charge is 2.39. The van der Waals surface area contributed by atoms with E-state index in [2.05, 4.69) is 20.6 Å². The van der Waals surface area contributed by atoms with E-state index in [1.165, 1.54) is 27.9 Å². The normalized spacial score (nSPS) is 23.7. The van der Waals surface area contributed by atoms with Gasteiger partial charge in [-0.3, -0.25) is 14.4 Å². The van der Waals surface area contributed by atoms with Crippen molar-refractivity contribution in [1.82, 2.24) is 35.1 Å². The topological polar surface area (TPSA) is 123 Å². The Morgan fingerprint density at radius 1 is 1.07 bits per heavy atom. The number of hydrogen-bond acceptors (Lipinski definition) is 7. The summed E-state index contributed by atoms with van der Waals surface area (Å²) >= 11 is 0. The summed E-state index contributed by atoms with van der Waals surface area (Å²) in [4.78, 5) is 48.0. The Labute approximate surface area is 257 Å². The van der Waals surface area contributed by atoms with Crippen LogP contribution in [0.5, 0.6) is 5.88 Å². The first-order valence-corrected chi connectivity index (χ1v) is 15.2. The van der Waals surface area contributed by atoms with Crippen molar-refractivity contribution in [2.75, 3.05) is 32.8 Å². The number of amides is 3. The monoisotopic (exact) mass is 625 g/mol. The zero-order valence-electron chi connectivity index (χ0n) is 24.6. The van der Waals surface area contributed by atoms with Crippen LogP contribution in [-0.2, 0) is 16.0 Å². The van der Waals surface area contributed by atoms with Gasteiger partial charge in [-0.2, -0.15) is 0 Å². The van der Waals surface area contributed by atoms with Crippen molar-refractivity contribution in [3.63, 3.8) is 0 Å². The lowest BCUT2D eigenvalue weighted by atomic mass is 9.80. The van der Waals surface area contributed by atoms with Gasteiger partial charge in [0.2, 0.25) is 17.7 Å². The minimum Gasteiger partial charge on any atom is -0.477 e. The van der Waals surface area contributed by atoms with Crippen molar-refractivity contribution in [2.45, 2.75) is 50.5 Å². The molecule has 1 aromatic carbocycles. The molecule has 45 heavy (non-hydrogen) atoms. The number of benzene rings is 1. The smallest absolute Gasteiger partial charge is 0.257 e. The molecule has 3 aliphatic heterocycles. The number of likely N-dealkylation sites (tertiary alicyclic amines) is 1. The number of piperidine rings is 2. The molecule has 2 aromatic heterocycles. The molecule has 3 atom stereocenters. The molecular weight excluding hydrogens is 591 g/mol. The minimum atomic E-state index is -2.74. The lowest BCUT2D eigenvalue weighted by Crippen LogP contribution is -2.54. The van der Waals surface area contributed by atoms with E-state index in [1.807, 2.05) is 0 Å². The Hall–Kier alpha value is -4.49. The number of nitrogens with one attached hydrogen (secondary N) is 1. The largest absolute Gasteiger partial charge is 0.477 e. The molecule has 11 nitrogen and oxygen atoms in total. The van der Waals surface area contributed by atoms with E-state index in [0.29, 0.717) is 37.3 Å². The standard InChI is InChI=1S/C31H34F3N7O4/c32-22-3-5-24(6-4-22)41-19-23(37-38-41)17-26-30(44)40-12-7-20(16-27(42)39-13-9-31(33,34)10-14-39)21(18-40)8-15-45-29-25(28(43)36-26)2-1-11-35-29/h1-6,11,19-21,26H,7-10,12-18H2,(H,36,43)/t20-,21-,26+/m0/s1. The quantitative estimate of drug-likeness (QED) is 0.463. The van der Waals surface area contributed by atoms with E-state index >= 15 is 0 Å². The van der Waals surface area contributed by atoms with Gasteiger partial charge in [-0.25, -0.2) is 22.8 Å². The van der Waals surface area contributed by atoms with E-state index < -0.39 is 17.9 Å². The van der Waals surface area contributed by atoms with Gasteiger partial charge in [0.25, 0.3) is 11.8 Å². The van der Waals surface area contributed by atoms with Crippen LogP contribution < -0.4 is 10.1 Å². The predicted octanol–water partition coefficient (Wildman–Crippen LogP) is 3.04. The second-order valence-electron chi connectivity index (χ2n) is 11.9. The van der Waals surface area contributed by atoms with Crippen molar-refractivity contribution in [1.29, 1.82) is 0 Å². The summed E-state index contributed by atoms with van der Waals surface area (Å²) in [6, 6.07) is 7.90. The molecule has 6 rings (SSSR count). The predicted molar refractivity (Wildman–Crippen MR) is 154 cm³/mol. The van der Waals surface area contributed by atoms with E-state index in [1.54, 1.807) is 35.4 Å². The molecule has 0 spiro atoms. The zero-order valence-corrected chi connectivity index (χ0v) is 24.6. The zero-order chi connectivity index (χ0) is 31.6. The number of aromatic nitrogens is 4. The molecule has 0 saturated carbocycles. The Balaban J connectivity index is 1.22. The van der Waals surface area contributed by atoms with Crippen LogP contribution >= 0.6 is 0 Å². The molecule has 0 aliphatic carbocycles. The maximum Gasteiger partial charge on any atom is 0.257 e. The molecule has 14 heteroatoms. The fraction of sp³-hybridized carbons (Fsp3) is 0.484. The molecule has 0 unspecified atom stereocenters. The highest BCUT2D eigenvalue weighted by atomic mass is 19.3. The van der Waals surface area contributed by atoms with Crippen molar-refractivity contribution in [3.05, 3.63) is 65.9 Å². The third kappa shape index (κ3) is 7.10. The van der Waals surface area contributed by atoms with Crippen LogP contribution in [-0.4, -0.2) is 92.2 Å². The van der Waals surface area contributed by atoms with Crippen molar-refractivity contribution in [3.8, 4) is 11.6 Å². The van der Waals surface area contributed by atoms with Gasteiger partial charge >= 0.3 is 0 Å². The number of hydrogen-bond donors (Lipinski definition) is 1. The molecule has 3 aromatic rings. The highest BCUT2D eigenvalue weighted by Crippen LogP contribution is 2.33. The first-order chi connectivity index (χ1) is 21.6. The SMILES string of the molecule is O=C1N[C@H](Cc2cn(-c3ccc(F)cc3)nn2)C(=O)N2CC[C@@H](CC(=O)N3CCC(F)(F)CC3)[C@@H](CCOc3ncccc31)C2. The fourth-order valence-electron chi connectivity index (χ4n) is 6.28. The van der Waals surface area contributed by atoms with Gasteiger partial charge in [0, 0.05) is 58.1 Å². The molecule has 2 saturated heterocycles. The van der Waals surface area contributed by atoms with Crippen molar-refractivity contribution >= 4 is 17.7 Å². The van der Waals surface area contributed by atoms with Crippen molar-refractivity contribution < 1.29 is 32.3 Å². The van der Waals surface area contributed by atoms with E-state index in [-0.39, 0.29) is 86.3 Å². The van der Waals surface area contributed by atoms with Gasteiger partial charge in [-0.1, -0.05) is 5.21 Å². The summed E-state index contributed by atoms with van der Waals surface area (Å²) in [5, 5.41) is 11.1. The third-order valence-corrected chi connectivity index (χ3v) is 8.88. The number of pyridine rings is 1. The third-order valence-electron chi connectivity index (χ3n) is 8.88. The first kappa shape index (κ1) is 30.5. The summed E-state index contributed by atoms with van der Waals surface area (Å²) in [5.74, 6) is -4.11. The maximum atomic E-state index is 14.0. The van der Waals surface area contributed by atoms with Gasteiger partial charge in [0.05, 0.1) is 24.2 Å². The molecule has 3 aliphatic rings. The second-order valence-corrected chi connectivity index (χ2v) is 11.9. The average molecular weight is 626 g/mol. The van der Waals surface area contributed by atoms with E-state index in [0.717, 1.165) is 0 Å². The summed E-state index contributed by atoms with van der Waals surface area (Å²) < 4.78 is 48.2. The van der Waals surface area contributed by atoms with Crippen LogP contribution in [0.25, 0.3) is 5.69 Å². The summed E-state index contributed by atoms with van der Waals surface area (Å²) in [6.45, 7) is 1.01. The molecule has 3 amide bonds. The molecule has 0 radical (unpaired) electrons. The van der Waals surface area contributed by atoms with Crippen LogP contribution in [0.2, 0.25) is 0 Å². The average Bonchev–Trinajstić information content (AvgIpc) is 3.49. The number of alkyl halides is 2. The van der Waals surface area contributed by atoms with Gasteiger partial charge < -0.3 is 19.9 Å². The number of ether oxygens (including phenoxy) is 1. The van der Waals surface area contributed by atoms with Crippen molar-refractivity contribution in [2.24, 2.45) is 11.8 Å². The minimum absolute atomic E-state index is 0.0343. The van der Waals surface area contributed by atoms with E-state index in [9.17, 15) is 27.6 Å². The lowest BCUT2D eigenvalue weighted by Gasteiger charge is -2.41. The molecule has 238 valence electrons. The molecular formula is C31H34F3N7O4. The number of fused-ring (bicyclic) bond motifs is 3. The number of carbonyl (C=O) groups excluding carboxylic acids is 3. The van der Waals surface area contributed by atoms with Crippen LogP contribution in [0.3, 0.4) is 0 Å². The first-order valence-electron chi connectivity index (χ1n) is 15.2. The Bertz CT molecular complexity index is 1540. The van der Waals surface area contributed by atoms with Crippen LogP contribution in [0, 0.1) is 17.7 Å². The van der Waals surface area contributed by atoms with Gasteiger partial charge in [0.1, 0.15) is 17.4 Å². The number of nitrogens with zero attached hydrogens (tertiary/aromatic N) is 6. The molecule has 5 heterocycles. The fourth-order valence-corrected chi connectivity index (χ4v) is 6.28. The number of carbonyl (C=O) groups is 3. The van der Waals surface area contributed by atoms with Crippen LogP contribution in [0.15, 0.2) is 48.8 Å². The Kier molecular flexibility index (Phi) is 8.72. The summed E-state index contributed by atoms with van der Waals surface area (Å²) in [5.41, 5.74) is 1.20. The molecule has 1 N–H and O–H groups in total. The lowest BCUT2D eigenvalue weighted by molar-refractivity contribution is -0.140. The number of rotatable bonds is 5. The Morgan fingerprint density at radius 3 is 2.62 bits per heavy atom. The van der Waals surface area contributed by atoms with Crippen LogP contribution in [0.4, 0.5) is 13.2 Å². The van der Waals surface area contributed by atoms with Crippen LogP contribution in [0.1, 0.15) is 48.2 Å². The highest BCUT2D eigenvalue weighted by molar-refractivity contribution is 5.99. The summed E-state index contributed by atoms with van der Waals surface area (Å²) in [6.07, 6.45) is 3.78. The molecule has 2 bridgehead atoms. The second kappa shape index (κ2) is 12.9. The maximum absolute atomic E-state index is 14.0. The van der Waals surface area contributed by atoms with Gasteiger partial charge in [0.15, 0.2) is 0 Å². The number of halogens is 3. The molecule has 2 fully saturated rings. The summed E-state index contributed by atoms with van der Waals surface area (Å²) in [7, 11) is 0. The van der Waals surface area contributed by atoms with Gasteiger partial charge in [-0.05, 0) is 61.1 Å². The van der Waals surface area contributed by atoms with E-state index in [4.69, 9.17) is 4.74 Å². The Morgan fingerprint density at radius 2 is 1.84 bits per heavy atom. The van der Waals surface area contributed by atoms with Gasteiger partial charge in [-0.15, -0.1) is 5.10 Å².